The zero-order valence-corrected chi connectivity index (χ0v) is 19.4. The minimum Gasteiger partial charge on any atom is -0.416 e. The molecule has 9 heteroatoms. The number of likely N-dealkylation sites (tertiary alicyclic amines) is 1. The van der Waals surface area contributed by atoms with E-state index in [9.17, 15) is 13.2 Å². The van der Waals surface area contributed by atoms with E-state index < -0.39 is 9.84 Å². The van der Waals surface area contributed by atoms with Crippen LogP contribution in [0.2, 0.25) is 0 Å². The van der Waals surface area contributed by atoms with E-state index in [-0.39, 0.29) is 28.6 Å². The molecule has 2 aliphatic rings. The van der Waals surface area contributed by atoms with Gasteiger partial charge in [-0.1, -0.05) is 42.1 Å². The fraction of sp³-hybridized carbons (Fsp3) is 0.591. The zero-order chi connectivity index (χ0) is 21.8. The monoisotopic (exact) mass is 463 g/mol. The van der Waals surface area contributed by atoms with Gasteiger partial charge in [0.2, 0.25) is 11.8 Å². The van der Waals surface area contributed by atoms with Crippen molar-refractivity contribution in [3.05, 3.63) is 41.8 Å². The Hall–Kier alpha value is -1.87. The number of piperidine rings is 1. The van der Waals surface area contributed by atoms with Crippen LogP contribution in [0.25, 0.3) is 0 Å². The molecule has 2 aliphatic heterocycles. The lowest BCUT2D eigenvalue weighted by atomic mass is 9.90. The number of hydrogen-bond acceptors (Lipinski definition) is 7. The third kappa shape index (κ3) is 6.10. The van der Waals surface area contributed by atoms with Crippen molar-refractivity contribution in [1.82, 2.24) is 15.1 Å². The molecule has 31 heavy (non-hydrogen) atoms. The van der Waals surface area contributed by atoms with Gasteiger partial charge in [0, 0.05) is 19.5 Å². The van der Waals surface area contributed by atoms with E-state index in [4.69, 9.17) is 4.42 Å². The SMILES string of the molecule is CC(Sc1nnc(CC2CCS(=O)(=O)C2)o1)C(=O)N1CCC(Cc2ccccc2)CC1. The third-order valence-electron chi connectivity index (χ3n) is 6.16. The molecule has 1 aromatic heterocycles. The number of benzene rings is 1. The number of carbonyl (C=O) groups is 1. The minimum atomic E-state index is -2.92. The molecule has 0 saturated carbocycles. The number of nitrogens with zero attached hydrogens (tertiary/aromatic N) is 3. The fourth-order valence-corrected chi connectivity index (χ4v) is 7.06. The van der Waals surface area contributed by atoms with Gasteiger partial charge in [-0.3, -0.25) is 4.79 Å². The van der Waals surface area contributed by atoms with Gasteiger partial charge in [0.25, 0.3) is 5.22 Å². The molecule has 7 nitrogen and oxygen atoms in total. The average Bonchev–Trinajstić information content (AvgIpc) is 3.34. The Morgan fingerprint density at radius 3 is 2.55 bits per heavy atom. The summed E-state index contributed by atoms with van der Waals surface area (Å²) in [5.74, 6) is 1.64. The van der Waals surface area contributed by atoms with Crippen LogP contribution in [0, 0.1) is 11.8 Å². The summed E-state index contributed by atoms with van der Waals surface area (Å²) in [4.78, 5) is 14.8. The molecule has 2 unspecified atom stereocenters. The molecule has 4 rings (SSSR count). The summed E-state index contributed by atoms with van der Waals surface area (Å²) in [5, 5.41) is 8.16. The highest BCUT2D eigenvalue weighted by Crippen LogP contribution is 2.28. The molecule has 2 fully saturated rings. The summed E-state index contributed by atoms with van der Waals surface area (Å²) < 4.78 is 28.9. The van der Waals surface area contributed by atoms with Crippen LogP contribution in [-0.4, -0.2) is 59.3 Å². The van der Waals surface area contributed by atoms with E-state index in [0.717, 1.165) is 32.4 Å². The summed E-state index contributed by atoms with van der Waals surface area (Å²) in [7, 11) is -2.92. The molecule has 0 spiro atoms. The number of carbonyl (C=O) groups excluding carboxylic acids is 1. The Labute approximate surface area is 187 Å². The molecule has 168 valence electrons. The van der Waals surface area contributed by atoms with Crippen molar-refractivity contribution in [2.24, 2.45) is 11.8 Å². The topological polar surface area (TPSA) is 93.4 Å². The Morgan fingerprint density at radius 1 is 1.13 bits per heavy atom. The van der Waals surface area contributed by atoms with Gasteiger partial charge in [-0.25, -0.2) is 8.42 Å². The number of rotatable bonds is 7. The second-order valence-electron chi connectivity index (χ2n) is 8.65. The second kappa shape index (κ2) is 9.73. The van der Waals surface area contributed by atoms with Crippen LogP contribution in [-0.2, 0) is 27.5 Å². The molecule has 0 N–H and O–H groups in total. The van der Waals surface area contributed by atoms with Crippen LogP contribution in [0.1, 0.15) is 37.6 Å². The number of hydrogen-bond donors (Lipinski definition) is 0. The molecule has 1 aromatic carbocycles. The lowest BCUT2D eigenvalue weighted by Gasteiger charge is -2.33. The van der Waals surface area contributed by atoms with Crippen molar-refractivity contribution >= 4 is 27.5 Å². The van der Waals surface area contributed by atoms with Gasteiger partial charge >= 0.3 is 0 Å². The summed E-state index contributed by atoms with van der Waals surface area (Å²) in [6.07, 6.45) is 4.23. The summed E-state index contributed by atoms with van der Waals surface area (Å²) >= 11 is 1.28. The standard InChI is InChI=1S/C22H29N3O4S2/c1-16(30-22-24-23-20(29-22)14-19-9-12-31(27,28)15-19)21(26)25-10-7-18(8-11-25)13-17-5-3-2-4-6-17/h2-6,16,18-19H,7-15H2,1H3. The van der Waals surface area contributed by atoms with E-state index in [2.05, 4.69) is 34.5 Å². The van der Waals surface area contributed by atoms with Crippen LogP contribution in [0.3, 0.4) is 0 Å². The van der Waals surface area contributed by atoms with Crippen LogP contribution in [0.4, 0.5) is 0 Å². The Kier molecular flexibility index (Phi) is 7.01. The van der Waals surface area contributed by atoms with Crippen molar-refractivity contribution in [1.29, 1.82) is 0 Å². The molecule has 0 aliphatic carbocycles. The number of thioether (sulfide) groups is 1. The zero-order valence-electron chi connectivity index (χ0n) is 17.8. The number of amides is 1. The number of sulfone groups is 1. The van der Waals surface area contributed by atoms with Crippen molar-refractivity contribution in [2.45, 2.75) is 49.5 Å². The van der Waals surface area contributed by atoms with Gasteiger partial charge in [-0.2, -0.15) is 0 Å². The van der Waals surface area contributed by atoms with Gasteiger partial charge in [-0.05, 0) is 50.0 Å². The summed E-state index contributed by atoms with van der Waals surface area (Å²) in [6.45, 7) is 3.44. The molecule has 3 heterocycles. The Morgan fingerprint density at radius 2 is 1.87 bits per heavy atom. The Balaban J connectivity index is 1.23. The van der Waals surface area contributed by atoms with Gasteiger partial charge in [0.15, 0.2) is 9.84 Å². The van der Waals surface area contributed by atoms with Crippen LogP contribution in [0.15, 0.2) is 40.0 Å². The van der Waals surface area contributed by atoms with Crippen molar-refractivity contribution in [3.8, 4) is 0 Å². The maximum Gasteiger partial charge on any atom is 0.277 e. The quantitative estimate of drug-likeness (QED) is 0.583. The predicted molar refractivity (Wildman–Crippen MR) is 120 cm³/mol. The lowest BCUT2D eigenvalue weighted by Crippen LogP contribution is -2.42. The molecule has 2 saturated heterocycles. The van der Waals surface area contributed by atoms with E-state index in [1.165, 1.54) is 17.3 Å². The van der Waals surface area contributed by atoms with Gasteiger partial charge < -0.3 is 9.32 Å². The lowest BCUT2D eigenvalue weighted by molar-refractivity contribution is -0.131. The first-order chi connectivity index (χ1) is 14.9. The van der Waals surface area contributed by atoms with Gasteiger partial charge in [0.05, 0.1) is 16.8 Å². The molecule has 2 atom stereocenters. The predicted octanol–water partition coefficient (Wildman–Crippen LogP) is 3.01. The normalized spacial score (nSPS) is 22.5. The molecular weight excluding hydrogens is 434 g/mol. The van der Waals surface area contributed by atoms with E-state index >= 15 is 0 Å². The highest BCUT2D eigenvalue weighted by atomic mass is 32.2. The summed E-state index contributed by atoms with van der Waals surface area (Å²) in [6, 6.07) is 10.5. The molecule has 0 bridgehead atoms. The second-order valence-corrected chi connectivity index (χ2v) is 12.2. The van der Waals surface area contributed by atoms with Crippen LogP contribution in [0.5, 0.6) is 0 Å². The largest absolute Gasteiger partial charge is 0.416 e. The fourth-order valence-electron chi connectivity index (χ4n) is 4.41. The first-order valence-electron chi connectivity index (χ1n) is 10.9. The third-order valence-corrected chi connectivity index (χ3v) is 8.92. The van der Waals surface area contributed by atoms with Gasteiger partial charge in [-0.15, -0.1) is 10.2 Å². The van der Waals surface area contributed by atoms with E-state index in [0.29, 0.717) is 29.9 Å². The number of aromatic nitrogens is 2. The first-order valence-corrected chi connectivity index (χ1v) is 13.6. The molecular formula is C22H29N3O4S2. The maximum absolute atomic E-state index is 12.9. The van der Waals surface area contributed by atoms with E-state index in [1.54, 1.807) is 0 Å². The Bertz CT molecular complexity index is 985. The summed E-state index contributed by atoms with van der Waals surface area (Å²) in [5.41, 5.74) is 1.36. The van der Waals surface area contributed by atoms with Crippen molar-refractivity contribution < 1.29 is 17.6 Å². The van der Waals surface area contributed by atoms with Gasteiger partial charge in [0.1, 0.15) is 0 Å². The minimum absolute atomic E-state index is 0.0412. The van der Waals surface area contributed by atoms with Crippen LogP contribution < -0.4 is 0 Å². The smallest absolute Gasteiger partial charge is 0.277 e. The van der Waals surface area contributed by atoms with Crippen LogP contribution >= 0.6 is 11.8 Å². The highest BCUT2D eigenvalue weighted by molar-refractivity contribution is 8.00. The van der Waals surface area contributed by atoms with Crippen molar-refractivity contribution in [3.63, 3.8) is 0 Å². The first kappa shape index (κ1) is 22.3. The molecule has 0 radical (unpaired) electrons. The molecule has 1 amide bonds. The maximum atomic E-state index is 12.9. The average molecular weight is 464 g/mol. The highest BCUT2D eigenvalue weighted by Gasteiger charge is 2.30. The van der Waals surface area contributed by atoms with Crippen molar-refractivity contribution in [2.75, 3.05) is 24.6 Å². The van der Waals surface area contributed by atoms with E-state index in [1.807, 2.05) is 17.9 Å². The molecule has 2 aromatic rings.